The minimum atomic E-state index is -0.734. The average molecular weight is 923 g/mol. The van der Waals surface area contributed by atoms with Crippen LogP contribution in [0.5, 0.6) is 0 Å². The van der Waals surface area contributed by atoms with Gasteiger partial charge in [0.25, 0.3) is 0 Å². The van der Waals surface area contributed by atoms with Crippen molar-refractivity contribution in [2.24, 2.45) is 0 Å². The van der Waals surface area contributed by atoms with Crippen molar-refractivity contribution in [3.63, 3.8) is 0 Å². The van der Waals surface area contributed by atoms with Gasteiger partial charge < -0.3 is 13.6 Å². The smallest absolute Gasteiger partial charge is 0.240 e. The zero-order chi connectivity index (χ0) is 59.4. The van der Waals surface area contributed by atoms with Crippen molar-refractivity contribution in [3.05, 3.63) is 224 Å². The highest BCUT2D eigenvalue weighted by molar-refractivity contribution is 6.25. The lowest BCUT2D eigenvalue weighted by molar-refractivity contribution is 0.669. The Hall–Kier alpha value is -9.79. The van der Waals surface area contributed by atoms with E-state index in [-0.39, 0.29) is 67.7 Å². The Balaban J connectivity index is 1.21. The Morgan fingerprint density at radius 1 is 0.324 bits per heavy atom. The van der Waals surface area contributed by atoms with Crippen LogP contribution in [0.4, 0.5) is 0 Å². The van der Waals surface area contributed by atoms with Crippen molar-refractivity contribution in [2.75, 3.05) is 0 Å². The largest absolute Gasteiger partial charge is 0.456 e. The molecule has 0 unspecified atom stereocenters. The lowest BCUT2D eigenvalue weighted by atomic mass is 10.1. The number of para-hydroxylation sites is 8. The molecule has 6 aromatic heterocycles. The highest BCUT2D eigenvalue weighted by atomic mass is 16.3. The molecule has 0 bridgehead atoms. The molecular formula is C63H37N7O. The normalized spacial score (nSPS) is 15.2. The minimum Gasteiger partial charge on any atom is -0.456 e. The van der Waals surface area contributed by atoms with E-state index in [0.29, 0.717) is 65.7 Å². The van der Waals surface area contributed by atoms with Gasteiger partial charge in [-0.3, -0.25) is 9.13 Å². The van der Waals surface area contributed by atoms with Crippen molar-refractivity contribution in [1.29, 1.82) is 0 Å². The first-order valence-corrected chi connectivity index (χ1v) is 22.7. The summed E-state index contributed by atoms with van der Waals surface area (Å²) in [6.45, 7) is 0. The summed E-state index contributed by atoms with van der Waals surface area (Å²) >= 11 is 0. The van der Waals surface area contributed by atoms with E-state index < -0.39 is 90.3 Å². The van der Waals surface area contributed by atoms with Crippen LogP contribution >= 0.6 is 0 Å². The van der Waals surface area contributed by atoms with Crippen LogP contribution in [0.2, 0.25) is 0 Å². The Labute approximate surface area is 425 Å². The van der Waals surface area contributed by atoms with Gasteiger partial charge in [-0.2, -0.15) is 15.0 Å². The van der Waals surface area contributed by atoms with Crippen LogP contribution in [-0.4, -0.2) is 33.2 Å². The van der Waals surface area contributed by atoms with Gasteiger partial charge in [0.1, 0.15) is 11.2 Å². The molecule has 10 aromatic carbocycles. The lowest BCUT2D eigenvalue weighted by Gasteiger charge is -2.20. The van der Waals surface area contributed by atoms with E-state index in [1.807, 2.05) is 103 Å². The van der Waals surface area contributed by atoms with Crippen LogP contribution in [-0.2, 0) is 0 Å². The Bertz CT molecular complexity index is 5690. The SMILES string of the molecule is [2H]c1c([2H])c(-n2c3c([2H])c([2H])c([2H])c([2H])c3c3c([2H])c([2H])c([2H])c([2H])c32)c(-c2nc(-n3c4ccccc4c4ccccc43)nc(-n3c4ccccc4c4c([2H])c([2H])c([2H])c([2H])c43)n2)c(-n2c3ccccc3c3ccc4oc5ccccc5c4c32)c1[2H]. The highest BCUT2D eigenvalue weighted by Gasteiger charge is 2.28. The van der Waals surface area contributed by atoms with Crippen molar-refractivity contribution >= 4 is 109 Å². The van der Waals surface area contributed by atoms with Gasteiger partial charge in [-0.25, -0.2) is 0 Å². The second kappa shape index (κ2) is 14.4. The molecule has 6 heterocycles. The number of rotatable bonds is 5. The fourth-order valence-corrected chi connectivity index (χ4v) is 10.8. The third-order valence-corrected chi connectivity index (χ3v) is 13.6. The number of hydrogen-bond donors (Lipinski definition) is 0. The number of hydrogen-bond acceptors (Lipinski definition) is 4. The van der Waals surface area contributed by atoms with E-state index in [4.69, 9.17) is 27.6 Å². The fourth-order valence-electron chi connectivity index (χ4n) is 10.8. The maximum absolute atomic E-state index is 10.5. The number of nitrogens with zero attached hydrogens (tertiary/aromatic N) is 7. The Morgan fingerprint density at radius 3 is 1.35 bits per heavy atom. The number of benzene rings is 10. The summed E-state index contributed by atoms with van der Waals surface area (Å²) in [7, 11) is 0. The molecule has 0 amide bonds. The first-order valence-electron chi connectivity index (χ1n) is 30.2. The molecule has 0 aliphatic heterocycles. The molecular weight excluding hydrogens is 871 g/mol. The lowest BCUT2D eigenvalue weighted by Crippen LogP contribution is -2.12. The number of fused-ring (bicyclic) bond motifs is 16. The molecule has 16 rings (SSSR count). The van der Waals surface area contributed by atoms with Gasteiger partial charge in [-0.15, -0.1) is 0 Å². The zero-order valence-corrected chi connectivity index (χ0v) is 36.7. The molecule has 0 aliphatic carbocycles. The molecule has 0 atom stereocenters. The van der Waals surface area contributed by atoms with Crippen molar-refractivity contribution in [3.8, 4) is 34.7 Å². The van der Waals surface area contributed by atoms with Gasteiger partial charge in [-0.05, 0) is 72.7 Å². The topological polar surface area (TPSA) is 71.5 Å². The average Bonchev–Trinajstić information content (AvgIpc) is 1.54. The van der Waals surface area contributed by atoms with Crippen molar-refractivity contribution in [2.45, 2.75) is 0 Å². The molecule has 0 N–H and O–H groups in total. The monoisotopic (exact) mass is 922 g/mol. The van der Waals surface area contributed by atoms with E-state index in [9.17, 15) is 12.3 Å². The first-order chi connectivity index (χ1) is 41.5. The summed E-state index contributed by atoms with van der Waals surface area (Å²) in [5, 5.41) is 4.22. The molecule has 0 spiro atoms. The molecule has 16 aromatic rings. The molecule has 8 heteroatoms. The van der Waals surface area contributed by atoms with Gasteiger partial charge in [0.05, 0.1) is 87.0 Å². The standard InChI is InChI=1S/C63H37N7O/c1-9-26-47-38(18-1)39-19-2-10-27-48(39)67(47)54-33-17-34-55(68-49-28-11-7-24-44(49)45-36-37-57-58(60(45)68)46-25-8-16-35-56(46)71-57)59(54)61-64-62(69-50-29-12-3-20-40(50)41-21-4-13-30-51(41)69)66-63(65-61)70-52-31-14-5-22-42(52)43-23-6-15-32-53(43)70/h1-37H/i1D,2D,3D,9D,10D,12D,17D,18D,19D,20D,26D,27D,29D,33D,34D. The van der Waals surface area contributed by atoms with E-state index >= 15 is 0 Å². The van der Waals surface area contributed by atoms with Crippen LogP contribution in [0.3, 0.4) is 0 Å². The Kier molecular flexibility index (Phi) is 5.40. The highest BCUT2D eigenvalue weighted by Crippen LogP contribution is 2.45. The molecule has 8 nitrogen and oxygen atoms in total. The van der Waals surface area contributed by atoms with Crippen LogP contribution in [0.1, 0.15) is 20.6 Å². The van der Waals surface area contributed by atoms with E-state index in [2.05, 4.69) is 0 Å². The van der Waals surface area contributed by atoms with Gasteiger partial charge in [0.2, 0.25) is 11.9 Å². The van der Waals surface area contributed by atoms with Crippen molar-refractivity contribution in [1.82, 2.24) is 33.2 Å². The predicted molar refractivity (Wildman–Crippen MR) is 290 cm³/mol. The molecule has 0 aliphatic rings. The number of furan rings is 1. The first kappa shape index (κ1) is 26.7. The molecule has 0 saturated heterocycles. The number of aromatic nitrogens is 7. The molecule has 0 fully saturated rings. The third kappa shape index (κ3) is 5.25. The summed E-state index contributed by atoms with van der Waals surface area (Å²) in [5.74, 6) is -0.627. The summed E-state index contributed by atoms with van der Waals surface area (Å²) in [6, 6.07) is 31.3. The quantitative estimate of drug-likeness (QED) is 0.172. The zero-order valence-electron chi connectivity index (χ0n) is 51.7. The Morgan fingerprint density at radius 2 is 0.761 bits per heavy atom. The maximum atomic E-state index is 10.5. The predicted octanol–water partition coefficient (Wildman–Crippen LogP) is 15.8. The van der Waals surface area contributed by atoms with Crippen LogP contribution in [0, 0.1) is 0 Å². The van der Waals surface area contributed by atoms with Crippen LogP contribution in [0.15, 0.2) is 229 Å². The molecule has 0 radical (unpaired) electrons. The third-order valence-electron chi connectivity index (χ3n) is 13.6. The van der Waals surface area contributed by atoms with E-state index in [1.165, 1.54) is 4.57 Å². The van der Waals surface area contributed by atoms with Crippen molar-refractivity contribution < 1.29 is 25.0 Å². The fraction of sp³-hybridized carbons (Fsp3) is 0. The molecule has 330 valence electrons. The summed E-state index contributed by atoms with van der Waals surface area (Å²) < 4.78 is 155. The van der Waals surface area contributed by atoms with E-state index in [1.54, 1.807) is 39.5 Å². The van der Waals surface area contributed by atoms with Gasteiger partial charge in [0, 0.05) is 48.5 Å². The minimum absolute atomic E-state index is 0.00199. The van der Waals surface area contributed by atoms with Gasteiger partial charge in [0.15, 0.2) is 5.82 Å². The van der Waals surface area contributed by atoms with Crippen LogP contribution in [0.25, 0.3) is 144 Å². The summed E-state index contributed by atoms with van der Waals surface area (Å²) in [4.78, 5) is 16.0. The van der Waals surface area contributed by atoms with Gasteiger partial charge >= 0.3 is 0 Å². The molecule has 0 saturated carbocycles. The maximum Gasteiger partial charge on any atom is 0.240 e. The second-order valence-electron chi connectivity index (χ2n) is 17.2. The summed E-state index contributed by atoms with van der Waals surface area (Å²) in [5.41, 5.74) is 2.01. The van der Waals surface area contributed by atoms with Crippen LogP contribution < -0.4 is 0 Å². The van der Waals surface area contributed by atoms with E-state index in [0.717, 1.165) is 15.3 Å². The molecule has 71 heavy (non-hydrogen) atoms. The summed E-state index contributed by atoms with van der Waals surface area (Å²) in [6.07, 6.45) is 0. The van der Waals surface area contributed by atoms with Gasteiger partial charge in [-0.1, -0.05) is 151 Å². The second-order valence-corrected chi connectivity index (χ2v) is 17.2.